The van der Waals surface area contributed by atoms with Gasteiger partial charge in [0.25, 0.3) is 5.91 Å². The number of likely N-dealkylation sites (N-methyl/N-ethyl adjacent to an activating group) is 1. The Morgan fingerprint density at radius 2 is 1.88 bits per heavy atom. The lowest BCUT2D eigenvalue weighted by molar-refractivity contribution is 0.0155. The first-order valence-corrected chi connectivity index (χ1v) is 8.92. The number of aliphatic hydroxyl groups is 1. The Morgan fingerprint density at radius 3 is 2.50 bits per heavy atom. The van der Waals surface area contributed by atoms with Crippen LogP contribution in [-0.2, 0) is 0 Å². The summed E-state index contributed by atoms with van der Waals surface area (Å²) in [6.45, 7) is 4.04. The average Bonchev–Trinajstić information content (AvgIpc) is 2.96. The molecule has 0 radical (unpaired) electrons. The number of nitrogens with zero attached hydrogens (tertiary/aromatic N) is 3. The van der Waals surface area contributed by atoms with Crippen molar-refractivity contribution in [3.63, 3.8) is 0 Å². The predicted molar refractivity (Wildman–Crippen MR) is 95.1 cm³/mol. The lowest BCUT2D eigenvalue weighted by Crippen LogP contribution is -2.48. The van der Waals surface area contributed by atoms with Crippen LogP contribution in [0, 0.1) is 0 Å². The van der Waals surface area contributed by atoms with Gasteiger partial charge in [-0.15, -0.1) is 0 Å². The van der Waals surface area contributed by atoms with Crippen LogP contribution in [0.3, 0.4) is 0 Å². The maximum Gasteiger partial charge on any atom is 0.253 e. The minimum atomic E-state index is -0.583. The fraction of sp³-hybridized carbons (Fsp3) is 0.632. The summed E-state index contributed by atoms with van der Waals surface area (Å²) >= 11 is 0. The topological polar surface area (TPSA) is 47.0 Å². The lowest BCUT2D eigenvalue weighted by Gasteiger charge is -2.37. The Balaban J connectivity index is 1.52. The first-order valence-electron chi connectivity index (χ1n) is 8.92. The Hall–Kier alpha value is -1.43. The molecule has 0 saturated carbocycles. The zero-order chi connectivity index (χ0) is 17.2. The Kier molecular flexibility index (Phi) is 5.23. The van der Waals surface area contributed by atoms with Crippen LogP contribution in [0.25, 0.3) is 0 Å². The zero-order valence-corrected chi connectivity index (χ0v) is 14.8. The molecule has 5 heteroatoms. The van der Waals surface area contributed by atoms with Gasteiger partial charge in [0, 0.05) is 44.3 Å². The molecular weight excluding hydrogens is 302 g/mol. The molecule has 5 nitrogen and oxygen atoms in total. The Morgan fingerprint density at radius 1 is 1.21 bits per heavy atom. The van der Waals surface area contributed by atoms with Crippen molar-refractivity contribution in [3.8, 4) is 0 Å². The van der Waals surface area contributed by atoms with E-state index < -0.39 is 5.60 Å². The molecular formula is C19H29N3O2. The summed E-state index contributed by atoms with van der Waals surface area (Å²) in [6.07, 6.45) is 2.83. The minimum absolute atomic E-state index is 0.139. The number of rotatable bonds is 4. The molecule has 1 aromatic carbocycles. The van der Waals surface area contributed by atoms with E-state index >= 15 is 0 Å². The summed E-state index contributed by atoms with van der Waals surface area (Å²) in [5.41, 5.74) is 0.193. The molecule has 1 amide bonds. The molecule has 0 aliphatic carbocycles. The van der Waals surface area contributed by atoms with E-state index in [1.807, 2.05) is 49.3 Å². The van der Waals surface area contributed by atoms with Gasteiger partial charge >= 0.3 is 0 Å². The monoisotopic (exact) mass is 331 g/mol. The molecule has 0 bridgehead atoms. The van der Waals surface area contributed by atoms with Crippen molar-refractivity contribution >= 4 is 5.91 Å². The lowest BCUT2D eigenvalue weighted by atomic mass is 10.0. The van der Waals surface area contributed by atoms with Gasteiger partial charge < -0.3 is 14.9 Å². The van der Waals surface area contributed by atoms with Gasteiger partial charge in [0.2, 0.25) is 0 Å². The van der Waals surface area contributed by atoms with Crippen molar-refractivity contribution in [2.75, 3.05) is 46.8 Å². The first-order chi connectivity index (χ1) is 11.5. The van der Waals surface area contributed by atoms with Crippen molar-refractivity contribution in [1.29, 1.82) is 0 Å². The van der Waals surface area contributed by atoms with Gasteiger partial charge in [0.15, 0.2) is 0 Å². The second kappa shape index (κ2) is 7.21. The van der Waals surface area contributed by atoms with E-state index in [-0.39, 0.29) is 5.91 Å². The number of likely N-dealkylation sites (tertiary alicyclic amines) is 2. The molecule has 2 aliphatic heterocycles. The number of carbonyl (C=O) groups is 1. The molecule has 2 heterocycles. The minimum Gasteiger partial charge on any atom is -0.387 e. The number of amides is 1. The molecule has 1 N–H and O–H groups in total. The number of carbonyl (C=O) groups excluding carboxylic acids is 1. The van der Waals surface area contributed by atoms with Crippen molar-refractivity contribution in [1.82, 2.24) is 14.7 Å². The highest BCUT2D eigenvalue weighted by atomic mass is 16.3. The second-order valence-corrected chi connectivity index (χ2v) is 7.57. The number of piperidine rings is 1. The fourth-order valence-electron chi connectivity index (χ4n) is 4.11. The molecule has 24 heavy (non-hydrogen) atoms. The van der Waals surface area contributed by atoms with Gasteiger partial charge in [-0.3, -0.25) is 9.69 Å². The quantitative estimate of drug-likeness (QED) is 0.903. The molecule has 3 rings (SSSR count). The molecule has 2 saturated heterocycles. The van der Waals surface area contributed by atoms with Gasteiger partial charge in [0.1, 0.15) is 0 Å². The van der Waals surface area contributed by atoms with Gasteiger partial charge in [-0.05, 0) is 45.5 Å². The summed E-state index contributed by atoms with van der Waals surface area (Å²) in [4.78, 5) is 19.0. The van der Waals surface area contributed by atoms with E-state index in [0.717, 1.165) is 57.5 Å². The van der Waals surface area contributed by atoms with Crippen molar-refractivity contribution in [2.24, 2.45) is 0 Å². The summed E-state index contributed by atoms with van der Waals surface area (Å²) in [5, 5.41) is 10.7. The van der Waals surface area contributed by atoms with Gasteiger partial charge in [0.05, 0.1) is 5.60 Å². The van der Waals surface area contributed by atoms with Crippen LogP contribution >= 0.6 is 0 Å². The molecule has 0 aromatic heterocycles. The number of hydrogen-bond acceptors (Lipinski definition) is 4. The molecule has 0 spiro atoms. The highest BCUT2D eigenvalue weighted by Crippen LogP contribution is 2.28. The van der Waals surface area contributed by atoms with E-state index in [1.54, 1.807) is 0 Å². The van der Waals surface area contributed by atoms with E-state index in [4.69, 9.17) is 0 Å². The SMILES string of the molecule is CN(C)C[C@]1(O)CCN(C2CCN(C(=O)c3ccccc3)CC2)C1. The smallest absolute Gasteiger partial charge is 0.253 e. The van der Waals surface area contributed by atoms with Crippen LogP contribution < -0.4 is 0 Å². The van der Waals surface area contributed by atoms with E-state index in [0.29, 0.717) is 6.04 Å². The molecule has 1 atom stereocenters. The number of β-amino-alcohol motifs (C(OH)–C–C–N with tert-alkyl or cyclic N) is 1. The summed E-state index contributed by atoms with van der Waals surface area (Å²) in [7, 11) is 4.02. The van der Waals surface area contributed by atoms with Gasteiger partial charge in [-0.1, -0.05) is 18.2 Å². The van der Waals surface area contributed by atoms with Crippen LogP contribution in [0.1, 0.15) is 29.6 Å². The third kappa shape index (κ3) is 3.97. The highest BCUT2D eigenvalue weighted by molar-refractivity contribution is 5.94. The second-order valence-electron chi connectivity index (χ2n) is 7.57. The summed E-state index contributed by atoms with van der Waals surface area (Å²) < 4.78 is 0. The van der Waals surface area contributed by atoms with Crippen molar-refractivity contribution in [2.45, 2.75) is 30.9 Å². The third-order valence-electron chi connectivity index (χ3n) is 5.26. The maximum absolute atomic E-state index is 12.5. The zero-order valence-electron chi connectivity index (χ0n) is 14.8. The van der Waals surface area contributed by atoms with E-state index in [1.165, 1.54) is 0 Å². The third-order valence-corrected chi connectivity index (χ3v) is 5.26. The summed E-state index contributed by atoms with van der Waals surface area (Å²) in [5.74, 6) is 0.139. The maximum atomic E-state index is 12.5. The van der Waals surface area contributed by atoms with Crippen LogP contribution in [0.15, 0.2) is 30.3 Å². The van der Waals surface area contributed by atoms with Crippen molar-refractivity contribution in [3.05, 3.63) is 35.9 Å². The number of benzene rings is 1. The largest absolute Gasteiger partial charge is 0.387 e. The normalized spacial score (nSPS) is 26.2. The van der Waals surface area contributed by atoms with Crippen molar-refractivity contribution < 1.29 is 9.90 Å². The molecule has 2 fully saturated rings. The predicted octanol–water partition coefficient (Wildman–Crippen LogP) is 1.29. The van der Waals surface area contributed by atoms with Crippen LogP contribution in [0.5, 0.6) is 0 Å². The van der Waals surface area contributed by atoms with E-state index in [9.17, 15) is 9.90 Å². The number of hydrogen-bond donors (Lipinski definition) is 1. The first kappa shape index (κ1) is 17.4. The molecule has 132 valence electrons. The standard InChI is InChI=1S/C19H29N3O2/c1-20(2)14-19(24)10-13-22(15-19)17-8-11-21(12-9-17)18(23)16-6-4-3-5-7-16/h3-7,17,24H,8-15H2,1-2H3/t19-/m1/s1. The molecule has 0 unspecified atom stereocenters. The highest BCUT2D eigenvalue weighted by Gasteiger charge is 2.40. The van der Waals surface area contributed by atoms with E-state index in [2.05, 4.69) is 9.80 Å². The van der Waals surface area contributed by atoms with Gasteiger partial charge in [-0.2, -0.15) is 0 Å². The average molecular weight is 331 g/mol. The summed E-state index contributed by atoms with van der Waals surface area (Å²) in [6, 6.07) is 10.0. The Bertz CT molecular complexity index is 555. The Labute approximate surface area is 144 Å². The van der Waals surface area contributed by atoms with Crippen LogP contribution in [0.2, 0.25) is 0 Å². The van der Waals surface area contributed by atoms with Gasteiger partial charge in [-0.25, -0.2) is 0 Å². The van der Waals surface area contributed by atoms with Crippen LogP contribution in [0.4, 0.5) is 0 Å². The molecule has 1 aromatic rings. The fourth-order valence-corrected chi connectivity index (χ4v) is 4.11. The molecule has 2 aliphatic rings. The van der Waals surface area contributed by atoms with Crippen LogP contribution in [-0.4, -0.2) is 84.2 Å².